The first-order valence-corrected chi connectivity index (χ1v) is 12.7. The average Bonchev–Trinajstić information content (AvgIpc) is 2.87. The number of nitrogens with zero attached hydrogens (tertiary/aromatic N) is 6. The molecule has 0 atom stereocenters. The molecular weight excluding hydrogens is 467 g/mol. The number of rotatable bonds is 6. The predicted octanol–water partition coefficient (Wildman–Crippen LogP) is 4.71. The molecule has 1 aromatic carbocycles. The summed E-state index contributed by atoms with van der Waals surface area (Å²) in [6, 6.07) is 6.19. The molecule has 1 aliphatic carbocycles. The van der Waals surface area contributed by atoms with E-state index in [1.807, 2.05) is 0 Å². The van der Waals surface area contributed by atoms with Crippen LogP contribution in [0.3, 0.4) is 0 Å². The first-order valence-electron chi connectivity index (χ1n) is 12.3. The lowest BCUT2D eigenvalue weighted by Gasteiger charge is -2.42. The minimum Gasteiger partial charge on any atom is -0.351 e. The van der Waals surface area contributed by atoms with Crippen LogP contribution in [0.25, 0.3) is 11.0 Å². The van der Waals surface area contributed by atoms with Crippen LogP contribution in [-0.2, 0) is 0 Å². The highest BCUT2D eigenvalue weighted by Crippen LogP contribution is 2.29. The van der Waals surface area contributed by atoms with Crippen LogP contribution >= 0.6 is 11.6 Å². The molecular formula is C25H32ClFN8. The van der Waals surface area contributed by atoms with Crippen LogP contribution in [0.1, 0.15) is 38.5 Å². The van der Waals surface area contributed by atoms with Crippen molar-refractivity contribution in [2.75, 3.05) is 37.8 Å². The first-order chi connectivity index (χ1) is 17.0. The van der Waals surface area contributed by atoms with Crippen LogP contribution in [0.5, 0.6) is 0 Å². The molecule has 3 heterocycles. The molecule has 186 valence electrons. The van der Waals surface area contributed by atoms with E-state index in [0.717, 1.165) is 18.9 Å². The third-order valence-electron chi connectivity index (χ3n) is 7.34. The van der Waals surface area contributed by atoms with Gasteiger partial charge in [0.1, 0.15) is 23.2 Å². The Labute approximate surface area is 210 Å². The largest absolute Gasteiger partial charge is 0.351 e. The Morgan fingerprint density at radius 1 is 1.03 bits per heavy atom. The van der Waals surface area contributed by atoms with Crippen molar-refractivity contribution in [1.29, 1.82) is 0 Å². The van der Waals surface area contributed by atoms with Crippen molar-refractivity contribution in [2.45, 2.75) is 56.7 Å². The zero-order valence-corrected chi connectivity index (χ0v) is 21.0. The third kappa shape index (κ3) is 5.63. The van der Waals surface area contributed by atoms with Gasteiger partial charge < -0.3 is 20.4 Å². The molecule has 10 heteroatoms. The lowest BCUT2D eigenvalue weighted by molar-refractivity contribution is 0.0879. The van der Waals surface area contributed by atoms with Gasteiger partial charge in [-0.1, -0.05) is 11.6 Å². The normalized spacial score (nSPS) is 22.0. The Bertz CT molecular complexity index is 1160. The number of piperidine rings is 1. The smallest absolute Gasteiger partial charge is 0.223 e. The van der Waals surface area contributed by atoms with E-state index in [9.17, 15) is 4.39 Å². The molecule has 2 fully saturated rings. The fourth-order valence-corrected chi connectivity index (χ4v) is 5.44. The second-order valence-electron chi connectivity index (χ2n) is 9.78. The topological polar surface area (TPSA) is 82.1 Å². The maximum absolute atomic E-state index is 13.5. The van der Waals surface area contributed by atoms with Gasteiger partial charge >= 0.3 is 0 Å². The lowest BCUT2D eigenvalue weighted by atomic mass is 9.88. The van der Waals surface area contributed by atoms with E-state index in [1.165, 1.54) is 57.2 Å². The van der Waals surface area contributed by atoms with Gasteiger partial charge in [-0.15, -0.1) is 0 Å². The van der Waals surface area contributed by atoms with Gasteiger partial charge in [-0.2, -0.15) is 0 Å². The molecule has 8 nitrogen and oxygen atoms in total. The molecule has 1 saturated carbocycles. The highest BCUT2D eigenvalue weighted by atomic mass is 35.5. The quantitative estimate of drug-likeness (QED) is 0.506. The number of halogens is 2. The summed E-state index contributed by atoms with van der Waals surface area (Å²) < 4.78 is 13.5. The van der Waals surface area contributed by atoms with E-state index in [1.54, 1.807) is 12.3 Å². The van der Waals surface area contributed by atoms with E-state index in [0.29, 0.717) is 40.6 Å². The van der Waals surface area contributed by atoms with Gasteiger partial charge in [0, 0.05) is 23.8 Å². The number of aromatic nitrogens is 4. The minimum atomic E-state index is -0.466. The summed E-state index contributed by atoms with van der Waals surface area (Å²) in [5.74, 6) is 0.627. The molecule has 3 aromatic rings. The molecule has 2 N–H and O–H groups in total. The van der Waals surface area contributed by atoms with Crippen molar-refractivity contribution >= 4 is 40.1 Å². The van der Waals surface area contributed by atoms with Crippen LogP contribution in [0.2, 0.25) is 5.02 Å². The van der Waals surface area contributed by atoms with Crippen LogP contribution in [0.4, 0.5) is 21.8 Å². The van der Waals surface area contributed by atoms with Crippen LogP contribution < -0.4 is 10.6 Å². The minimum absolute atomic E-state index is 0.0445. The predicted molar refractivity (Wildman–Crippen MR) is 138 cm³/mol. The number of benzene rings is 1. The first kappa shape index (κ1) is 24.1. The zero-order chi connectivity index (χ0) is 24.4. The maximum atomic E-state index is 13.5. The van der Waals surface area contributed by atoms with Gasteiger partial charge in [0.05, 0.1) is 11.2 Å². The zero-order valence-electron chi connectivity index (χ0n) is 20.2. The molecule has 35 heavy (non-hydrogen) atoms. The Kier molecular flexibility index (Phi) is 7.27. The number of hydrogen-bond acceptors (Lipinski definition) is 8. The average molecular weight is 499 g/mol. The summed E-state index contributed by atoms with van der Waals surface area (Å²) in [6.07, 6.45) is 10.3. The molecule has 2 aliphatic rings. The summed E-state index contributed by atoms with van der Waals surface area (Å²) in [5.41, 5.74) is 1.85. The Hall–Kier alpha value is -2.62. The van der Waals surface area contributed by atoms with Crippen LogP contribution in [-0.4, -0.2) is 75.0 Å². The summed E-state index contributed by atoms with van der Waals surface area (Å²) in [6.45, 7) is 2.41. The summed E-state index contributed by atoms with van der Waals surface area (Å²) in [5, 5.41) is 6.74. The van der Waals surface area contributed by atoms with Crippen LogP contribution in [0, 0.1) is 5.82 Å². The molecule has 0 bridgehead atoms. The highest BCUT2D eigenvalue weighted by molar-refractivity contribution is 6.31. The number of hydrogen-bond donors (Lipinski definition) is 2. The van der Waals surface area contributed by atoms with Gasteiger partial charge in [-0.3, -0.25) is 0 Å². The van der Waals surface area contributed by atoms with Gasteiger partial charge in [-0.05, 0) is 83.9 Å². The fraction of sp³-hybridized carbons (Fsp3) is 0.520. The van der Waals surface area contributed by atoms with E-state index < -0.39 is 5.82 Å². The van der Waals surface area contributed by atoms with E-state index in [-0.39, 0.29) is 5.02 Å². The monoisotopic (exact) mass is 498 g/mol. The van der Waals surface area contributed by atoms with Crippen molar-refractivity contribution in [3.05, 3.63) is 41.6 Å². The standard InChI is InChI=1S/C25H32ClFN8/c1-34(2)18-9-11-35(12-10-18)19-6-3-16(4-7-19)32-25-28-14-22-23(33-25)24(30-15-29-22)31-17-5-8-21(27)20(26)13-17/h5,8,13-16,18-19H,3-4,6-7,9-12H2,1-2H3,(H,28,32,33)(H,29,30,31). The Balaban J connectivity index is 1.22. The van der Waals surface area contributed by atoms with Crippen molar-refractivity contribution in [3.8, 4) is 0 Å². The number of likely N-dealkylation sites (tertiary alicyclic amines) is 1. The van der Waals surface area contributed by atoms with Crippen molar-refractivity contribution in [3.63, 3.8) is 0 Å². The molecule has 0 spiro atoms. The second-order valence-corrected chi connectivity index (χ2v) is 10.2. The lowest BCUT2D eigenvalue weighted by Crippen LogP contribution is -2.48. The Morgan fingerprint density at radius 2 is 1.80 bits per heavy atom. The Morgan fingerprint density at radius 3 is 2.51 bits per heavy atom. The fourth-order valence-electron chi connectivity index (χ4n) is 5.26. The van der Waals surface area contributed by atoms with Crippen molar-refractivity contribution in [2.24, 2.45) is 0 Å². The van der Waals surface area contributed by atoms with Crippen LogP contribution in [0.15, 0.2) is 30.7 Å². The summed E-state index contributed by atoms with van der Waals surface area (Å²) >= 11 is 5.92. The molecule has 2 aromatic heterocycles. The second kappa shape index (κ2) is 10.6. The van der Waals surface area contributed by atoms with Crippen molar-refractivity contribution < 1.29 is 4.39 Å². The van der Waals surface area contributed by atoms with Gasteiger partial charge in [0.2, 0.25) is 5.95 Å². The third-order valence-corrected chi connectivity index (χ3v) is 7.63. The molecule has 5 rings (SSSR count). The van der Waals surface area contributed by atoms with Gasteiger partial charge in [0.15, 0.2) is 5.82 Å². The summed E-state index contributed by atoms with van der Waals surface area (Å²) in [7, 11) is 4.38. The number of fused-ring (bicyclic) bond motifs is 1. The SMILES string of the molecule is CN(C)C1CCN(C2CCC(Nc3ncc4ncnc(Nc5ccc(F)c(Cl)c5)c4n3)CC2)CC1. The van der Waals surface area contributed by atoms with E-state index in [2.05, 4.69) is 49.5 Å². The highest BCUT2D eigenvalue weighted by Gasteiger charge is 2.29. The van der Waals surface area contributed by atoms with Gasteiger partial charge in [-0.25, -0.2) is 24.3 Å². The van der Waals surface area contributed by atoms with E-state index in [4.69, 9.17) is 16.6 Å². The number of anilines is 3. The van der Waals surface area contributed by atoms with Gasteiger partial charge in [0.25, 0.3) is 0 Å². The maximum Gasteiger partial charge on any atom is 0.223 e. The summed E-state index contributed by atoms with van der Waals surface area (Å²) in [4.78, 5) is 22.9. The van der Waals surface area contributed by atoms with E-state index >= 15 is 0 Å². The molecule has 0 unspecified atom stereocenters. The number of nitrogens with one attached hydrogen (secondary N) is 2. The molecule has 1 aliphatic heterocycles. The molecule has 0 amide bonds. The molecule has 0 radical (unpaired) electrons. The van der Waals surface area contributed by atoms with Crippen molar-refractivity contribution in [1.82, 2.24) is 29.7 Å². The molecule has 1 saturated heterocycles.